The average molecular weight is 284 g/mol. The molecule has 1 aliphatic rings. The van der Waals surface area contributed by atoms with E-state index in [1.807, 2.05) is 12.1 Å². The molecule has 1 aromatic heterocycles. The maximum absolute atomic E-state index is 6.16. The van der Waals surface area contributed by atoms with Gasteiger partial charge in [0, 0.05) is 24.0 Å². The Labute approximate surface area is 126 Å². The summed E-state index contributed by atoms with van der Waals surface area (Å²) in [7, 11) is 0. The zero-order valence-corrected chi connectivity index (χ0v) is 12.9. The number of nitrogens with zero attached hydrogens (tertiary/aromatic N) is 1. The highest BCUT2D eigenvalue weighted by molar-refractivity contribution is 5.85. The van der Waals surface area contributed by atoms with Crippen LogP contribution in [0.25, 0.3) is 10.9 Å². The number of hydrogen-bond donors (Lipinski definition) is 1. The van der Waals surface area contributed by atoms with E-state index in [1.54, 1.807) is 0 Å². The van der Waals surface area contributed by atoms with E-state index in [1.165, 1.54) is 12.8 Å². The van der Waals surface area contributed by atoms with Crippen molar-refractivity contribution in [3.8, 4) is 5.75 Å². The number of para-hydroxylation sites is 1. The van der Waals surface area contributed by atoms with Gasteiger partial charge in [0.1, 0.15) is 5.75 Å². The fraction of sp³-hybridized carbons (Fsp3) is 0.500. The Bertz CT molecular complexity index is 607. The Morgan fingerprint density at radius 3 is 2.90 bits per heavy atom. The lowest BCUT2D eigenvalue weighted by Crippen LogP contribution is -2.17. The molecule has 1 heterocycles. The van der Waals surface area contributed by atoms with Crippen molar-refractivity contribution in [1.82, 2.24) is 10.3 Å². The van der Waals surface area contributed by atoms with E-state index >= 15 is 0 Å². The van der Waals surface area contributed by atoms with Crippen LogP contribution in [0.5, 0.6) is 5.75 Å². The topological polar surface area (TPSA) is 34.1 Å². The summed E-state index contributed by atoms with van der Waals surface area (Å²) in [5.41, 5.74) is 2.09. The summed E-state index contributed by atoms with van der Waals surface area (Å²) in [6.07, 6.45) is 5.05. The molecule has 1 aliphatic carbocycles. The number of pyridine rings is 1. The van der Waals surface area contributed by atoms with E-state index < -0.39 is 0 Å². The van der Waals surface area contributed by atoms with Gasteiger partial charge in [-0.25, -0.2) is 0 Å². The van der Waals surface area contributed by atoms with Crippen molar-refractivity contribution in [2.24, 2.45) is 0 Å². The Morgan fingerprint density at radius 1 is 1.33 bits per heavy atom. The van der Waals surface area contributed by atoms with E-state index in [2.05, 4.69) is 37.4 Å². The minimum Gasteiger partial charge on any atom is -0.490 e. The summed E-state index contributed by atoms with van der Waals surface area (Å²) in [4.78, 5) is 4.75. The fourth-order valence-electron chi connectivity index (χ4n) is 2.60. The van der Waals surface area contributed by atoms with Crippen LogP contribution in [-0.4, -0.2) is 17.1 Å². The number of benzene rings is 1. The van der Waals surface area contributed by atoms with Crippen LogP contribution in [-0.2, 0) is 6.54 Å². The van der Waals surface area contributed by atoms with Gasteiger partial charge in [0.2, 0.25) is 0 Å². The standard InChI is InChI=1S/C18H24N2O/c1-3-6-13(2)21-18-11-15(12-19-14-9-10-14)20-17-8-5-4-7-16(17)18/h4-5,7-8,11,13-14,19H,3,6,9-10,12H2,1-2H3. The second-order valence-corrected chi connectivity index (χ2v) is 6.00. The number of fused-ring (bicyclic) bond motifs is 1. The molecule has 112 valence electrons. The summed E-state index contributed by atoms with van der Waals surface area (Å²) in [5.74, 6) is 0.967. The number of rotatable bonds is 7. The lowest BCUT2D eigenvalue weighted by atomic mass is 10.1. The Hall–Kier alpha value is -1.61. The average Bonchev–Trinajstić information content (AvgIpc) is 3.29. The summed E-state index contributed by atoms with van der Waals surface area (Å²) in [6, 6.07) is 11.0. The molecule has 3 nitrogen and oxygen atoms in total. The van der Waals surface area contributed by atoms with Gasteiger partial charge in [0.25, 0.3) is 0 Å². The van der Waals surface area contributed by atoms with Crippen LogP contribution in [0.1, 0.15) is 45.2 Å². The monoisotopic (exact) mass is 284 g/mol. The molecule has 1 saturated carbocycles. The zero-order valence-electron chi connectivity index (χ0n) is 12.9. The second kappa shape index (κ2) is 6.44. The quantitative estimate of drug-likeness (QED) is 0.832. The van der Waals surface area contributed by atoms with Gasteiger partial charge in [-0.2, -0.15) is 0 Å². The SMILES string of the molecule is CCCC(C)Oc1cc(CNC2CC2)nc2ccccc12. The lowest BCUT2D eigenvalue weighted by Gasteiger charge is -2.16. The smallest absolute Gasteiger partial charge is 0.130 e. The molecule has 0 aliphatic heterocycles. The molecular formula is C18H24N2O. The van der Waals surface area contributed by atoms with Crippen LogP contribution in [0.2, 0.25) is 0 Å². The van der Waals surface area contributed by atoms with Crippen LogP contribution in [0, 0.1) is 0 Å². The van der Waals surface area contributed by atoms with E-state index in [4.69, 9.17) is 9.72 Å². The largest absolute Gasteiger partial charge is 0.490 e. The minimum atomic E-state index is 0.241. The molecule has 0 radical (unpaired) electrons. The first kappa shape index (κ1) is 14.3. The predicted octanol–water partition coefficient (Wildman–Crippen LogP) is 4.05. The van der Waals surface area contributed by atoms with Crippen molar-refractivity contribution in [3.05, 3.63) is 36.0 Å². The van der Waals surface area contributed by atoms with Crippen LogP contribution >= 0.6 is 0 Å². The Morgan fingerprint density at radius 2 is 2.14 bits per heavy atom. The molecule has 0 spiro atoms. The third-order valence-electron chi connectivity index (χ3n) is 3.90. The highest BCUT2D eigenvalue weighted by Crippen LogP contribution is 2.27. The maximum Gasteiger partial charge on any atom is 0.130 e. The lowest BCUT2D eigenvalue weighted by molar-refractivity contribution is 0.212. The molecule has 1 N–H and O–H groups in total. The number of aromatic nitrogens is 1. The Kier molecular flexibility index (Phi) is 4.39. The molecular weight excluding hydrogens is 260 g/mol. The Balaban J connectivity index is 1.86. The molecule has 21 heavy (non-hydrogen) atoms. The predicted molar refractivity (Wildman–Crippen MR) is 86.6 cm³/mol. The molecule has 1 fully saturated rings. The van der Waals surface area contributed by atoms with Gasteiger partial charge in [0.15, 0.2) is 0 Å². The van der Waals surface area contributed by atoms with E-state index in [9.17, 15) is 0 Å². The van der Waals surface area contributed by atoms with Crippen molar-refractivity contribution in [2.75, 3.05) is 0 Å². The summed E-state index contributed by atoms with van der Waals surface area (Å²) >= 11 is 0. The first-order valence-corrected chi connectivity index (χ1v) is 8.05. The minimum absolute atomic E-state index is 0.241. The number of nitrogens with one attached hydrogen (secondary N) is 1. The highest BCUT2D eigenvalue weighted by Gasteiger charge is 2.20. The van der Waals surface area contributed by atoms with Gasteiger partial charge < -0.3 is 10.1 Å². The summed E-state index contributed by atoms with van der Waals surface area (Å²) < 4.78 is 6.16. The molecule has 1 aromatic carbocycles. The van der Waals surface area contributed by atoms with E-state index in [-0.39, 0.29) is 6.10 Å². The van der Waals surface area contributed by atoms with Gasteiger partial charge in [0.05, 0.1) is 17.3 Å². The van der Waals surface area contributed by atoms with E-state index in [0.717, 1.165) is 41.7 Å². The van der Waals surface area contributed by atoms with Crippen molar-refractivity contribution in [2.45, 2.75) is 58.2 Å². The first-order valence-electron chi connectivity index (χ1n) is 8.05. The molecule has 0 amide bonds. The van der Waals surface area contributed by atoms with Gasteiger partial charge in [-0.15, -0.1) is 0 Å². The second-order valence-electron chi connectivity index (χ2n) is 6.00. The van der Waals surface area contributed by atoms with Crippen molar-refractivity contribution in [1.29, 1.82) is 0 Å². The third-order valence-corrected chi connectivity index (χ3v) is 3.90. The van der Waals surface area contributed by atoms with Crippen LogP contribution in [0.4, 0.5) is 0 Å². The molecule has 3 rings (SSSR count). The molecule has 1 atom stereocenters. The molecule has 0 saturated heterocycles. The van der Waals surface area contributed by atoms with Crippen LogP contribution < -0.4 is 10.1 Å². The highest BCUT2D eigenvalue weighted by atomic mass is 16.5. The fourth-order valence-corrected chi connectivity index (χ4v) is 2.60. The van der Waals surface area contributed by atoms with Gasteiger partial charge in [-0.3, -0.25) is 4.98 Å². The zero-order chi connectivity index (χ0) is 14.7. The maximum atomic E-state index is 6.16. The summed E-state index contributed by atoms with van der Waals surface area (Å²) in [5, 5.41) is 4.63. The van der Waals surface area contributed by atoms with Gasteiger partial charge in [-0.05, 0) is 38.3 Å². The van der Waals surface area contributed by atoms with Crippen molar-refractivity contribution < 1.29 is 4.74 Å². The number of hydrogen-bond acceptors (Lipinski definition) is 3. The van der Waals surface area contributed by atoms with Gasteiger partial charge in [-0.1, -0.05) is 25.5 Å². The third kappa shape index (κ3) is 3.73. The van der Waals surface area contributed by atoms with E-state index in [0.29, 0.717) is 6.04 Å². The molecule has 3 heteroatoms. The van der Waals surface area contributed by atoms with Crippen molar-refractivity contribution in [3.63, 3.8) is 0 Å². The van der Waals surface area contributed by atoms with Crippen LogP contribution in [0.3, 0.4) is 0 Å². The van der Waals surface area contributed by atoms with Crippen LogP contribution in [0.15, 0.2) is 30.3 Å². The number of ether oxygens (including phenoxy) is 1. The normalized spacial score (nSPS) is 16.1. The van der Waals surface area contributed by atoms with Gasteiger partial charge >= 0.3 is 0 Å². The first-order chi connectivity index (χ1) is 10.3. The molecule has 2 aromatic rings. The van der Waals surface area contributed by atoms with Crippen molar-refractivity contribution >= 4 is 10.9 Å². The summed E-state index contributed by atoms with van der Waals surface area (Å²) in [6.45, 7) is 5.16. The molecule has 0 bridgehead atoms. The molecule has 1 unspecified atom stereocenters.